The van der Waals surface area contributed by atoms with Crippen LogP contribution in [-0.4, -0.2) is 12.3 Å². The monoisotopic (exact) mass is 687 g/mol. The van der Waals surface area contributed by atoms with Crippen LogP contribution in [-0.2, 0) is 0 Å². The summed E-state index contributed by atoms with van der Waals surface area (Å²) < 4.78 is 0. The minimum atomic E-state index is -2.88. The standard InChI is InChI=1S/C42H42BrP2/c43-45(40-29-15-6-16-30-40,41-31-17-7-18-32-41,42-33-19-8-20-34-42)36-22-2-1-21-35-44(37-23-9-3-10-24-37,38-25-11-4-12-26-38)39-27-13-5-14-28-39/h3-20,23-34H,1-2,21-22,35-36H2/q+1. The van der Waals surface area contributed by atoms with E-state index in [-0.39, 0.29) is 0 Å². The minimum absolute atomic E-state index is 1.10. The predicted molar refractivity (Wildman–Crippen MR) is 207 cm³/mol. The second kappa shape index (κ2) is 14.4. The molecule has 0 aliphatic carbocycles. The van der Waals surface area contributed by atoms with Crippen LogP contribution < -0.4 is 31.8 Å². The molecule has 45 heavy (non-hydrogen) atoms. The molecule has 0 amide bonds. The first kappa shape index (κ1) is 31.6. The number of hydrogen-bond donors (Lipinski definition) is 0. The van der Waals surface area contributed by atoms with E-state index in [0.717, 1.165) is 12.6 Å². The predicted octanol–water partition coefficient (Wildman–Crippen LogP) is 9.38. The fraction of sp³-hybridized carbons (Fsp3) is 0.143. The van der Waals surface area contributed by atoms with Crippen molar-refractivity contribution in [3.05, 3.63) is 182 Å². The molecule has 0 atom stereocenters. The van der Waals surface area contributed by atoms with Gasteiger partial charge in [0.25, 0.3) is 0 Å². The fourth-order valence-corrected chi connectivity index (χ4v) is 19.2. The van der Waals surface area contributed by atoms with Crippen LogP contribution in [0.1, 0.15) is 25.7 Å². The first-order valence-corrected chi connectivity index (χ1v) is 22.5. The molecule has 226 valence electrons. The molecule has 0 fully saturated rings. The molecular formula is C42H42BrP2+. The van der Waals surface area contributed by atoms with Gasteiger partial charge < -0.3 is 0 Å². The molecule has 0 saturated heterocycles. The van der Waals surface area contributed by atoms with Gasteiger partial charge in [-0.25, -0.2) is 0 Å². The Balaban J connectivity index is 1.28. The second-order valence-electron chi connectivity index (χ2n) is 11.9. The van der Waals surface area contributed by atoms with Crippen LogP contribution in [0.25, 0.3) is 0 Å². The van der Waals surface area contributed by atoms with E-state index in [4.69, 9.17) is 0 Å². The molecular weight excluding hydrogens is 646 g/mol. The van der Waals surface area contributed by atoms with E-state index in [1.807, 2.05) is 0 Å². The van der Waals surface area contributed by atoms with Crippen LogP contribution in [0.2, 0.25) is 0 Å². The molecule has 0 heterocycles. The number of unbranched alkanes of at least 4 members (excludes halogenated alkanes) is 3. The van der Waals surface area contributed by atoms with Crippen molar-refractivity contribution in [2.75, 3.05) is 12.3 Å². The van der Waals surface area contributed by atoms with Gasteiger partial charge in [0.1, 0.15) is 0 Å². The molecule has 6 aromatic rings. The number of rotatable bonds is 13. The molecule has 0 saturated carbocycles. The first-order valence-electron chi connectivity index (χ1n) is 16.1. The third-order valence-electron chi connectivity index (χ3n) is 9.30. The second-order valence-corrected chi connectivity index (χ2v) is 24.5. The van der Waals surface area contributed by atoms with Crippen LogP contribution in [0.3, 0.4) is 0 Å². The summed E-state index contributed by atoms with van der Waals surface area (Å²) in [5, 5.41) is 5.77. The van der Waals surface area contributed by atoms with Gasteiger partial charge in [-0.05, 0) is 0 Å². The van der Waals surface area contributed by atoms with Crippen molar-refractivity contribution < 1.29 is 0 Å². The van der Waals surface area contributed by atoms with Crippen molar-refractivity contribution >= 4 is 59.9 Å². The Morgan fingerprint density at radius 2 is 0.644 bits per heavy atom. The molecule has 6 aromatic carbocycles. The molecule has 0 unspecified atom stereocenters. The van der Waals surface area contributed by atoms with Crippen molar-refractivity contribution in [3.63, 3.8) is 0 Å². The summed E-state index contributed by atoms with van der Waals surface area (Å²) >= 11 is 4.65. The molecule has 0 nitrogen and oxygen atoms in total. The van der Waals surface area contributed by atoms with E-state index in [2.05, 4.69) is 197 Å². The zero-order valence-corrected chi connectivity index (χ0v) is 29.2. The molecule has 0 bridgehead atoms. The van der Waals surface area contributed by atoms with Crippen molar-refractivity contribution in [2.45, 2.75) is 25.7 Å². The summed E-state index contributed by atoms with van der Waals surface area (Å²) in [6.45, 7) is 0. The molecule has 0 radical (unpaired) electrons. The Morgan fingerprint density at radius 3 is 0.978 bits per heavy atom. The van der Waals surface area contributed by atoms with Crippen LogP contribution >= 0.6 is 28.1 Å². The van der Waals surface area contributed by atoms with E-state index >= 15 is 0 Å². The topological polar surface area (TPSA) is 0 Å². The summed E-state index contributed by atoms with van der Waals surface area (Å²) in [5.41, 5.74) is 0. The summed E-state index contributed by atoms with van der Waals surface area (Å²) in [4.78, 5) is 0. The van der Waals surface area contributed by atoms with Gasteiger partial charge in [0.15, 0.2) is 0 Å². The van der Waals surface area contributed by atoms with E-state index in [0.29, 0.717) is 0 Å². The van der Waals surface area contributed by atoms with Gasteiger partial charge in [-0.1, -0.05) is 0 Å². The molecule has 3 heteroatoms. The van der Waals surface area contributed by atoms with Crippen molar-refractivity contribution in [2.24, 2.45) is 0 Å². The van der Waals surface area contributed by atoms with Crippen LogP contribution in [0.4, 0.5) is 0 Å². The van der Waals surface area contributed by atoms with Crippen LogP contribution in [0.15, 0.2) is 182 Å². The third-order valence-corrected chi connectivity index (χ3v) is 23.9. The van der Waals surface area contributed by atoms with Gasteiger partial charge >= 0.3 is 280 Å². The number of hydrogen-bond acceptors (Lipinski definition) is 0. The van der Waals surface area contributed by atoms with Gasteiger partial charge in [-0.2, -0.15) is 0 Å². The normalized spacial score (nSPS) is 12.7. The Morgan fingerprint density at radius 1 is 0.356 bits per heavy atom. The summed E-state index contributed by atoms with van der Waals surface area (Å²) in [6, 6.07) is 67.5. The summed E-state index contributed by atoms with van der Waals surface area (Å²) in [7, 11) is -1.79. The van der Waals surface area contributed by atoms with Crippen molar-refractivity contribution in [3.8, 4) is 0 Å². The quantitative estimate of drug-likeness (QED) is 0.0839. The zero-order valence-electron chi connectivity index (χ0n) is 25.8. The maximum atomic E-state index is 4.65. The average Bonchev–Trinajstić information content (AvgIpc) is 3.14. The molecule has 6 rings (SSSR count). The first-order chi connectivity index (χ1) is 22.2. The van der Waals surface area contributed by atoms with Crippen LogP contribution in [0.5, 0.6) is 0 Å². The van der Waals surface area contributed by atoms with Gasteiger partial charge in [-0.3, -0.25) is 0 Å². The van der Waals surface area contributed by atoms with Gasteiger partial charge in [0, 0.05) is 0 Å². The Labute approximate surface area is 278 Å². The average molecular weight is 689 g/mol. The van der Waals surface area contributed by atoms with Crippen molar-refractivity contribution in [1.82, 2.24) is 0 Å². The van der Waals surface area contributed by atoms with E-state index < -0.39 is 12.6 Å². The van der Waals surface area contributed by atoms with E-state index in [1.165, 1.54) is 57.3 Å². The molecule has 0 aliphatic rings. The Hall–Kier alpha value is -3.34. The van der Waals surface area contributed by atoms with Gasteiger partial charge in [-0.15, -0.1) is 0 Å². The molecule has 0 aromatic heterocycles. The van der Waals surface area contributed by atoms with E-state index in [1.54, 1.807) is 0 Å². The SMILES string of the molecule is BrP(CCCCCC[P+](c1ccccc1)(c1ccccc1)c1ccccc1)(c1ccccc1)(c1ccccc1)c1ccccc1. The molecule has 0 spiro atoms. The van der Waals surface area contributed by atoms with Crippen molar-refractivity contribution in [1.29, 1.82) is 0 Å². The van der Waals surface area contributed by atoms with Gasteiger partial charge in [0.2, 0.25) is 0 Å². The van der Waals surface area contributed by atoms with E-state index in [9.17, 15) is 0 Å². The Bertz CT molecular complexity index is 1550. The zero-order chi connectivity index (χ0) is 30.9. The number of benzene rings is 6. The number of halogens is 1. The van der Waals surface area contributed by atoms with Gasteiger partial charge in [0.05, 0.1) is 0 Å². The summed E-state index contributed by atoms with van der Waals surface area (Å²) in [6.07, 6.45) is 7.06. The Kier molecular flexibility index (Phi) is 10.1. The van der Waals surface area contributed by atoms with Crippen LogP contribution in [0, 0.1) is 0 Å². The molecule has 0 aliphatic heterocycles. The summed E-state index contributed by atoms with van der Waals surface area (Å²) in [5.74, 6) is 0. The fourth-order valence-electron chi connectivity index (χ4n) is 7.04. The maximum absolute atomic E-state index is 4.65. The molecule has 0 N–H and O–H groups in total. The third kappa shape index (κ3) is 6.24.